The van der Waals surface area contributed by atoms with Gasteiger partial charge in [-0.05, 0) is 36.6 Å². The van der Waals surface area contributed by atoms with Crippen LogP contribution in [-0.4, -0.2) is 36.1 Å². The summed E-state index contributed by atoms with van der Waals surface area (Å²) in [6, 6.07) is 12.5. The summed E-state index contributed by atoms with van der Waals surface area (Å²) >= 11 is 0. The molecule has 6 heteroatoms. The van der Waals surface area contributed by atoms with Crippen LogP contribution < -0.4 is 10.1 Å². The number of hydrogen-bond acceptors (Lipinski definition) is 4. The van der Waals surface area contributed by atoms with Gasteiger partial charge in [0.2, 0.25) is 5.91 Å². The molecule has 2 aromatic carbocycles. The first-order chi connectivity index (χ1) is 13.5. The Morgan fingerprint density at radius 1 is 1.25 bits per heavy atom. The van der Waals surface area contributed by atoms with Gasteiger partial charge in [-0.15, -0.1) is 0 Å². The van der Waals surface area contributed by atoms with Crippen LogP contribution in [0.4, 0.5) is 4.39 Å². The lowest BCUT2D eigenvalue weighted by molar-refractivity contribution is -0.121. The van der Waals surface area contributed by atoms with Gasteiger partial charge in [-0.25, -0.2) is 4.39 Å². The Morgan fingerprint density at radius 3 is 2.57 bits per heavy atom. The molecule has 1 saturated heterocycles. The summed E-state index contributed by atoms with van der Waals surface area (Å²) < 4.78 is 19.7. The second-order valence-electron chi connectivity index (χ2n) is 7.32. The Bertz CT molecular complexity index is 832. The Hall–Kier alpha value is -2.44. The molecule has 0 spiro atoms. The van der Waals surface area contributed by atoms with Crippen molar-refractivity contribution in [2.75, 3.05) is 20.2 Å². The number of carbonyl (C=O) groups excluding carboxylic acids is 1. The summed E-state index contributed by atoms with van der Waals surface area (Å²) in [6.45, 7) is 3.59. The maximum Gasteiger partial charge on any atom is 0.217 e. The zero-order valence-corrected chi connectivity index (χ0v) is 16.4. The number of carbonyl (C=O) groups is 1. The minimum absolute atomic E-state index is 0.0735. The number of rotatable bonds is 6. The number of nitrogens with zero attached hydrogens (tertiary/aromatic N) is 1. The smallest absolute Gasteiger partial charge is 0.217 e. The zero-order chi connectivity index (χ0) is 20.1. The van der Waals surface area contributed by atoms with Gasteiger partial charge in [-0.2, -0.15) is 0 Å². The van der Waals surface area contributed by atoms with Crippen molar-refractivity contribution in [2.24, 2.45) is 0 Å². The van der Waals surface area contributed by atoms with Crippen molar-refractivity contribution in [2.45, 2.75) is 38.5 Å². The Labute approximate surface area is 165 Å². The molecule has 1 heterocycles. The average molecular weight is 386 g/mol. The van der Waals surface area contributed by atoms with Gasteiger partial charge in [0.25, 0.3) is 0 Å². The van der Waals surface area contributed by atoms with E-state index in [0.29, 0.717) is 24.2 Å². The topological polar surface area (TPSA) is 61.8 Å². The van der Waals surface area contributed by atoms with Crippen molar-refractivity contribution >= 4 is 5.91 Å². The molecule has 150 valence electrons. The molecular weight excluding hydrogens is 359 g/mol. The van der Waals surface area contributed by atoms with E-state index >= 15 is 0 Å². The molecule has 3 rings (SSSR count). The van der Waals surface area contributed by atoms with Gasteiger partial charge in [-0.1, -0.05) is 24.3 Å². The lowest BCUT2D eigenvalue weighted by Gasteiger charge is -2.42. The Kier molecular flexibility index (Phi) is 6.31. The molecule has 0 radical (unpaired) electrons. The predicted octanol–water partition coefficient (Wildman–Crippen LogP) is 2.95. The molecule has 1 aliphatic heterocycles. The molecule has 1 amide bonds. The molecule has 0 aromatic heterocycles. The Morgan fingerprint density at radius 2 is 1.96 bits per heavy atom. The minimum atomic E-state index is -0.677. The van der Waals surface area contributed by atoms with Crippen LogP contribution in [-0.2, 0) is 23.5 Å². The van der Waals surface area contributed by atoms with Crippen molar-refractivity contribution in [3.8, 4) is 5.75 Å². The molecule has 0 aliphatic carbocycles. The van der Waals surface area contributed by atoms with Crippen molar-refractivity contribution in [1.82, 2.24) is 10.2 Å². The summed E-state index contributed by atoms with van der Waals surface area (Å²) in [7, 11) is 1.59. The van der Waals surface area contributed by atoms with E-state index in [1.807, 2.05) is 24.3 Å². The highest BCUT2D eigenvalue weighted by atomic mass is 19.1. The van der Waals surface area contributed by atoms with E-state index in [1.54, 1.807) is 19.2 Å². The lowest BCUT2D eigenvalue weighted by atomic mass is 9.80. The molecule has 1 fully saturated rings. The number of piperidine rings is 1. The fourth-order valence-electron chi connectivity index (χ4n) is 4.05. The molecule has 0 atom stereocenters. The summed E-state index contributed by atoms with van der Waals surface area (Å²) in [5.74, 6) is 0.237. The van der Waals surface area contributed by atoms with Crippen LogP contribution in [0.2, 0.25) is 0 Å². The van der Waals surface area contributed by atoms with Gasteiger partial charge in [-0.3, -0.25) is 9.69 Å². The van der Waals surface area contributed by atoms with Crippen LogP contribution >= 0.6 is 0 Å². The summed E-state index contributed by atoms with van der Waals surface area (Å²) in [5.41, 5.74) is 1.72. The fraction of sp³-hybridized carbons (Fsp3) is 0.409. The first kappa shape index (κ1) is 20.3. The number of nitrogens with one attached hydrogen (secondary N) is 1. The maximum absolute atomic E-state index is 14.5. The summed E-state index contributed by atoms with van der Waals surface area (Å²) in [4.78, 5) is 14.1. The van der Waals surface area contributed by atoms with Crippen molar-refractivity contribution in [1.29, 1.82) is 0 Å². The van der Waals surface area contributed by atoms with Crippen molar-refractivity contribution in [3.63, 3.8) is 0 Å². The third kappa shape index (κ3) is 4.34. The normalized spacial score (nSPS) is 16.6. The summed E-state index contributed by atoms with van der Waals surface area (Å²) in [6.07, 6.45) is 1.27. The van der Waals surface area contributed by atoms with Gasteiger partial charge in [0.1, 0.15) is 11.6 Å². The highest BCUT2D eigenvalue weighted by Crippen LogP contribution is 2.35. The van der Waals surface area contributed by atoms with Crippen LogP contribution in [0, 0.1) is 5.82 Å². The van der Waals surface area contributed by atoms with Crippen molar-refractivity contribution < 1.29 is 19.0 Å². The highest BCUT2D eigenvalue weighted by molar-refractivity contribution is 5.74. The molecule has 28 heavy (non-hydrogen) atoms. The number of likely N-dealkylation sites (tertiary alicyclic amines) is 1. The van der Waals surface area contributed by atoms with Gasteiger partial charge in [0.15, 0.2) is 0 Å². The predicted molar refractivity (Wildman–Crippen MR) is 105 cm³/mol. The van der Waals surface area contributed by atoms with Gasteiger partial charge in [0.05, 0.1) is 19.3 Å². The second-order valence-corrected chi connectivity index (χ2v) is 7.32. The van der Waals surface area contributed by atoms with Gasteiger partial charge < -0.3 is 15.2 Å². The third-order valence-corrected chi connectivity index (χ3v) is 5.44. The molecular formula is C22H27FN2O3. The van der Waals surface area contributed by atoms with Crippen LogP contribution in [0.3, 0.4) is 0 Å². The first-order valence-corrected chi connectivity index (χ1v) is 9.50. The van der Waals surface area contributed by atoms with E-state index in [4.69, 9.17) is 4.74 Å². The van der Waals surface area contributed by atoms with E-state index in [-0.39, 0.29) is 18.3 Å². The third-order valence-electron chi connectivity index (χ3n) is 5.44. The van der Waals surface area contributed by atoms with Crippen LogP contribution in [0.15, 0.2) is 42.5 Å². The molecule has 2 N–H and O–H groups in total. The SMILES string of the molecule is COc1ccc(CN2CCC(NC(C)=O)(c3ccccc3F)CC2)cc1CO. The number of halogens is 1. The lowest BCUT2D eigenvalue weighted by Crippen LogP contribution is -2.52. The number of amides is 1. The largest absolute Gasteiger partial charge is 0.496 e. The zero-order valence-electron chi connectivity index (χ0n) is 16.4. The van der Waals surface area contributed by atoms with E-state index in [9.17, 15) is 14.3 Å². The van der Waals surface area contributed by atoms with Crippen LogP contribution in [0.1, 0.15) is 36.5 Å². The van der Waals surface area contributed by atoms with Crippen LogP contribution in [0.25, 0.3) is 0 Å². The molecule has 5 nitrogen and oxygen atoms in total. The van der Waals surface area contributed by atoms with Gasteiger partial charge >= 0.3 is 0 Å². The molecule has 0 saturated carbocycles. The molecule has 1 aliphatic rings. The van der Waals surface area contributed by atoms with E-state index in [2.05, 4.69) is 10.2 Å². The maximum atomic E-state index is 14.5. The number of aliphatic hydroxyl groups is 1. The monoisotopic (exact) mass is 386 g/mol. The van der Waals surface area contributed by atoms with Crippen LogP contribution in [0.5, 0.6) is 5.75 Å². The number of aliphatic hydroxyl groups excluding tert-OH is 1. The summed E-state index contributed by atoms with van der Waals surface area (Å²) in [5, 5.41) is 12.5. The minimum Gasteiger partial charge on any atom is -0.496 e. The number of methoxy groups -OCH3 is 1. The molecule has 0 unspecified atom stereocenters. The number of ether oxygens (including phenoxy) is 1. The second kappa shape index (κ2) is 8.71. The quantitative estimate of drug-likeness (QED) is 0.801. The molecule has 2 aromatic rings. The first-order valence-electron chi connectivity index (χ1n) is 9.50. The van der Waals surface area contributed by atoms with Gasteiger partial charge in [0, 0.05) is 37.7 Å². The standard InChI is InChI=1S/C22H27FN2O3/c1-16(27)24-22(19-5-3-4-6-20(19)23)9-11-25(12-10-22)14-17-7-8-21(28-2)18(13-17)15-26/h3-8,13,26H,9-12,14-15H2,1-2H3,(H,24,27). The average Bonchev–Trinajstić information content (AvgIpc) is 2.69. The van der Waals surface area contributed by atoms with E-state index in [0.717, 1.165) is 30.8 Å². The number of hydrogen-bond donors (Lipinski definition) is 2. The molecule has 0 bridgehead atoms. The van der Waals surface area contributed by atoms with E-state index in [1.165, 1.54) is 13.0 Å². The highest BCUT2D eigenvalue weighted by Gasteiger charge is 2.38. The number of benzene rings is 2. The van der Waals surface area contributed by atoms with Crippen molar-refractivity contribution in [3.05, 3.63) is 65.0 Å². The van der Waals surface area contributed by atoms with E-state index < -0.39 is 5.54 Å². The Balaban J connectivity index is 1.74. The fourth-order valence-corrected chi connectivity index (χ4v) is 4.05.